The molecule has 1 aliphatic heterocycles. The summed E-state index contributed by atoms with van der Waals surface area (Å²) >= 11 is 0. The van der Waals surface area contributed by atoms with E-state index in [0.717, 1.165) is 30.8 Å². The van der Waals surface area contributed by atoms with Gasteiger partial charge in [-0.15, -0.1) is 0 Å². The third-order valence-corrected chi connectivity index (χ3v) is 3.61. The van der Waals surface area contributed by atoms with Gasteiger partial charge in [0.2, 0.25) is 5.91 Å². The molecule has 1 aromatic heterocycles. The Morgan fingerprint density at radius 2 is 2.21 bits per heavy atom. The molecule has 1 saturated heterocycles. The fourth-order valence-corrected chi connectivity index (χ4v) is 2.57. The van der Waals surface area contributed by atoms with Crippen LogP contribution in [0.2, 0.25) is 0 Å². The van der Waals surface area contributed by atoms with Crippen LogP contribution >= 0.6 is 0 Å². The Labute approximate surface area is 115 Å². The largest absolute Gasteiger partial charge is 0.361 e. The van der Waals surface area contributed by atoms with Gasteiger partial charge in [-0.2, -0.15) is 0 Å². The fraction of sp³-hybridized carbons (Fsp3) is 0.733. The Balaban J connectivity index is 2.11. The average Bonchev–Trinajstić information content (AvgIpc) is 2.96. The van der Waals surface area contributed by atoms with E-state index in [-0.39, 0.29) is 11.9 Å². The minimum atomic E-state index is 0.113. The molecule has 1 aliphatic rings. The van der Waals surface area contributed by atoms with Crippen molar-refractivity contribution in [2.45, 2.75) is 58.9 Å². The van der Waals surface area contributed by atoms with E-state index < -0.39 is 0 Å². The first kappa shape index (κ1) is 14.1. The van der Waals surface area contributed by atoms with Crippen molar-refractivity contribution in [3.05, 3.63) is 17.5 Å². The number of aromatic nitrogens is 1. The molecular formula is C15H24N2O2. The summed E-state index contributed by atoms with van der Waals surface area (Å²) in [5.74, 6) is 1.88. The fourth-order valence-electron chi connectivity index (χ4n) is 2.57. The van der Waals surface area contributed by atoms with E-state index >= 15 is 0 Å². The van der Waals surface area contributed by atoms with Gasteiger partial charge < -0.3 is 9.42 Å². The van der Waals surface area contributed by atoms with Crippen molar-refractivity contribution < 1.29 is 9.32 Å². The second-order valence-corrected chi connectivity index (χ2v) is 6.15. The zero-order chi connectivity index (χ0) is 14.0. The van der Waals surface area contributed by atoms with Crippen LogP contribution in [0.15, 0.2) is 10.6 Å². The first-order valence-electron chi connectivity index (χ1n) is 7.25. The van der Waals surface area contributed by atoms with E-state index in [0.29, 0.717) is 18.3 Å². The Kier molecular flexibility index (Phi) is 4.27. The van der Waals surface area contributed by atoms with Gasteiger partial charge in [-0.05, 0) is 18.8 Å². The van der Waals surface area contributed by atoms with E-state index in [1.807, 2.05) is 11.0 Å². The highest BCUT2D eigenvalue weighted by Gasteiger charge is 2.32. The Morgan fingerprint density at radius 3 is 2.79 bits per heavy atom. The van der Waals surface area contributed by atoms with Gasteiger partial charge in [0.1, 0.15) is 11.5 Å². The van der Waals surface area contributed by atoms with E-state index in [1.165, 1.54) is 0 Å². The van der Waals surface area contributed by atoms with Crippen molar-refractivity contribution in [2.75, 3.05) is 6.54 Å². The van der Waals surface area contributed by atoms with Gasteiger partial charge in [-0.1, -0.05) is 32.9 Å². The molecule has 106 valence electrons. The summed E-state index contributed by atoms with van der Waals surface area (Å²) in [6.45, 7) is 9.17. The minimum Gasteiger partial charge on any atom is -0.361 e. The maximum Gasteiger partial charge on any atom is 0.223 e. The molecule has 4 heteroatoms. The third kappa shape index (κ3) is 3.17. The van der Waals surface area contributed by atoms with Crippen LogP contribution in [-0.4, -0.2) is 22.5 Å². The van der Waals surface area contributed by atoms with Gasteiger partial charge in [-0.3, -0.25) is 4.79 Å². The first-order chi connectivity index (χ1) is 8.99. The molecule has 4 nitrogen and oxygen atoms in total. The van der Waals surface area contributed by atoms with Crippen LogP contribution in [0.1, 0.15) is 70.4 Å². The lowest BCUT2D eigenvalue weighted by molar-refractivity contribution is -0.133. The standard InChI is InChI=1S/C15H24N2O2/c1-10(2)8-15(18)17-7-5-6-13(17)12-9-14(11(3)4)19-16-12/h9-11,13H,5-8H2,1-4H3/t13-/m0/s1. The topological polar surface area (TPSA) is 46.3 Å². The number of carbonyl (C=O) groups is 1. The quantitative estimate of drug-likeness (QED) is 0.836. The van der Waals surface area contributed by atoms with Crippen LogP contribution in [0, 0.1) is 5.92 Å². The van der Waals surface area contributed by atoms with Crippen molar-refractivity contribution in [3.63, 3.8) is 0 Å². The molecule has 0 aromatic carbocycles. The number of hydrogen-bond acceptors (Lipinski definition) is 3. The Morgan fingerprint density at radius 1 is 1.47 bits per heavy atom. The molecule has 1 atom stereocenters. The molecule has 0 N–H and O–H groups in total. The van der Waals surface area contributed by atoms with Crippen LogP contribution in [0.5, 0.6) is 0 Å². The molecule has 0 unspecified atom stereocenters. The molecule has 1 amide bonds. The predicted octanol–water partition coefficient (Wildman–Crippen LogP) is 3.51. The minimum absolute atomic E-state index is 0.113. The summed E-state index contributed by atoms with van der Waals surface area (Å²) < 4.78 is 5.36. The van der Waals surface area contributed by atoms with Crippen LogP contribution in [0.4, 0.5) is 0 Å². The maximum atomic E-state index is 12.2. The number of hydrogen-bond donors (Lipinski definition) is 0. The van der Waals surface area contributed by atoms with E-state index in [4.69, 9.17) is 4.52 Å². The number of rotatable bonds is 4. The number of likely N-dealkylation sites (tertiary alicyclic amines) is 1. The SMILES string of the molecule is CC(C)CC(=O)N1CCC[C@H]1c1cc(C(C)C)on1. The number of amides is 1. The third-order valence-electron chi connectivity index (χ3n) is 3.61. The summed E-state index contributed by atoms with van der Waals surface area (Å²) in [5, 5.41) is 4.16. The van der Waals surface area contributed by atoms with Gasteiger partial charge in [0.05, 0.1) is 6.04 Å². The number of carbonyl (C=O) groups excluding carboxylic acids is 1. The summed E-state index contributed by atoms with van der Waals surface area (Å²) in [7, 11) is 0. The lowest BCUT2D eigenvalue weighted by Crippen LogP contribution is -2.31. The highest BCUT2D eigenvalue weighted by molar-refractivity contribution is 5.77. The van der Waals surface area contributed by atoms with Crippen LogP contribution in [-0.2, 0) is 4.79 Å². The maximum absolute atomic E-state index is 12.2. The van der Waals surface area contributed by atoms with Gasteiger partial charge in [0, 0.05) is 24.9 Å². The van der Waals surface area contributed by atoms with Gasteiger partial charge in [-0.25, -0.2) is 0 Å². The summed E-state index contributed by atoms with van der Waals surface area (Å²) in [5.41, 5.74) is 0.915. The zero-order valence-electron chi connectivity index (χ0n) is 12.3. The monoisotopic (exact) mass is 264 g/mol. The highest BCUT2D eigenvalue weighted by Crippen LogP contribution is 2.33. The van der Waals surface area contributed by atoms with Crippen LogP contribution in [0.3, 0.4) is 0 Å². The Hall–Kier alpha value is -1.32. The lowest BCUT2D eigenvalue weighted by Gasteiger charge is -2.23. The molecule has 1 aromatic rings. The smallest absolute Gasteiger partial charge is 0.223 e. The zero-order valence-corrected chi connectivity index (χ0v) is 12.3. The molecule has 19 heavy (non-hydrogen) atoms. The molecule has 1 fully saturated rings. The number of nitrogens with zero attached hydrogens (tertiary/aromatic N) is 2. The van der Waals surface area contributed by atoms with Crippen molar-refractivity contribution in [2.24, 2.45) is 5.92 Å². The molecule has 0 spiro atoms. The Bertz CT molecular complexity index is 437. The molecule has 2 heterocycles. The second-order valence-electron chi connectivity index (χ2n) is 6.15. The van der Waals surface area contributed by atoms with Crippen molar-refractivity contribution in [1.29, 1.82) is 0 Å². The van der Waals surface area contributed by atoms with Crippen molar-refractivity contribution in [3.8, 4) is 0 Å². The lowest BCUT2D eigenvalue weighted by atomic mass is 10.1. The summed E-state index contributed by atoms with van der Waals surface area (Å²) in [4.78, 5) is 14.2. The normalized spacial score (nSPS) is 19.7. The average molecular weight is 264 g/mol. The summed E-state index contributed by atoms with van der Waals surface area (Å²) in [6, 6.07) is 2.12. The van der Waals surface area contributed by atoms with E-state index in [1.54, 1.807) is 0 Å². The van der Waals surface area contributed by atoms with Crippen LogP contribution in [0.25, 0.3) is 0 Å². The first-order valence-corrected chi connectivity index (χ1v) is 7.25. The van der Waals surface area contributed by atoms with Crippen molar-refractivity contribution in [1.82, 2.24) is 10.1 Å². The van der Waals surface area contributed by atoms with Gasteiger partial charge in [0.15, 0.2) is 0 Å². The molecule has 2 rings (SSSR count). The predicted molar refractivity (Wildman–Crippen MR) is 73.7 cm³/mol. The van der Waals surface area contributed by atoms with E-state index in [2.05, 4.69) is 32.9 Å². The molecule has 0 radical (unpaired) electrons. The van der Waals surface area contributed by atoms with Gasteiger partial charge in [0.25, 0.3) is 0 Å². The van der Waals surface area contributed by atoms with Crippen molar-refractivity contribution >= 4 is 5.91 Å². The summed E-state index contributed by atoms with van der Waals surface area (Å²) in [6.07, 6.45) is 2.66. The molecule has 0 bridgehead atoms. The highest BCUT2D eigenvalue weighted by atomic mass is 16.5. The second kappa shape index (κ2) is 5.76. The van der Waals surface area contributed by atoms with E-state index in [9.17, 15) is 4.79 Å². The molecule has 0 aliphatic carbocycles. The molecular weight excluding hydrogens is 240 g/mol. The van der Waals surface area contributed by atoms with Crippen LogP contribution < -0.4 is 0 Å². The van der Waals surface area contributed by atoms with Gasteiger partial charge >= 0.3 is 0 Å². The molecule has 0 saturated carbocycles.